The van der Waals surface area contributed by atoms with Crippen LogP contribution in [0.1, 0.15) is 20.3 Å². The van der Waals surface area contributed by atoms with Gasteiger partial charge in [-0.1, -0.05) is 49.3 Å². The molecule has 1 amide bonds. The number of nitrogens with zero attached hydrogens (tertiary/aromatic N) is 2. The van der Waals surface area contributed by atoms with Gasteiger partial charge in [0.15, 0.2) is 5.16 Å². The molecule has 0 fully saturated rings. The lowest BCUT2D eigenvalue weighted by Gasteiger charge is -2.14. The number of benzene rings is 2. The average molecular weight is 434 g/mol. The summed E-state index contributed by atoms with van der Waals surface area (Å²) in [5.41, 5.74) is 0.619. The molecule has 0 unspecified atom stereocenters. The third-order valence-electron chi connectivity index (χ3n) is 4.28. The number of hydrogen-bond acceptors (Lipinski definition) is 4. The van der Waals surface area contributed by atoms with E-state index in [0.717, 1.165) is 18.2 Å². The smallest absolute Gasteiger partial charge is 0.266 e. The van der Waals surface area contributed by atoms with Crippen molar-refractivity contribution in [1.29, 1.82) is 0 Å². The Bertz CT molecular complexity index is 1100. The molecule has 0 aliphatic carbocycles. The molecule has 8 heteroatoms. The molecule has 0 saturated carbocycles. The summed E-state index contributed by atoms with van der Waals surface area (Å²) >= 11 is 7.07. The summed E-state index contributed by atoms with van der Waals surface area (Å²) in [7, 11) is 0. The third kappa shape index (κ3) is 5.16. The number of nitrogens with one attached hydrogen (secondary N) is 1. The molecule has 2 aromatic carbocycles. The highest BCUT2D eigenvalue weighted by Gasteiger charge is 2.16. The van der Waals surface area contributed by atoms with E-state index in [4.69, 9.17) is 11.6 Å². The number of aromatic nitrogens is 2. The van der Waals surface area contributed by atoms with E-state index in [1.165, 1.54) is 22.8 Å². The molecule has 29 heavy (non-hydrogen) atoms. The summed E-state index contributed by atoms with van der Waals surface area (Å²) in [6.45, 7) is 4.78. The molecule has 0 saturated heterocycles. The van der Waals surface area contributed by atoms with Crippen LogP contribution in [0, 0.1) is 11.7 Å². The van der Waals surface area contributed by atoms with Gasteiger partial charge in [-0.25, -0.2) is 9.37 Å². The number of carbonyl (C=O) groups is 1. The van der Waals surface area contributed by atoms with Crippen molar-refractivity contribution in [3.05, 3.63) is 63.7 Å². The van der Waals surface area contributed by atoms with E-state index in [0.29, 0.717) is 34.2 Å². The number of fused-ring (bicyclic) bond motifs is 1. The van der Waals surface area contributed by atoms with Crippen molar-refractivity contribution in [2.75, 3.05) is 12.3 Å². The van der Waals surface area contributed by atoms with E-state index in [1.807, 2.05) is 0 Å². The zero-order valence-corrected chi connectivity index (χ0v) is 17.7. The van der Waals surface area contributed by atoms with Gasteiger partial charge in [0, 0.05) is 6.54 Å². The molecule has 1 heterocycles. The third-order valence-corrected chi connectivity index (χ3v) is 5.51. The highest BCUT2D eigenvalue weighted by molar-refractivity contribution is 7.99. The van der Waals surface area contributed by atoms with E-state index in [1.54, 1.807) is 24.3 Å². The minimum absolute atomic E-state index is 0.0927. The van der Waals surface area contributed by atoms with Crippen LogP contribution in [-0.2, 0) is 4.79 Å². The van der Waals surface area contributed by atoms with Gasteiger partial charge < -0.3 is 5.32 Å². The van der Waals surface area contributed by atoms with Crippen molar-refractivity contribution >= 4 is 40.2 Å². The second-order valence-corrected chi connectivity index (χ2v) is 8.32. The molecule has 3 rings (SSSR count). The Hall–Kier alpha value is -2.38. The lowest BCUT2D eigenvalue weighted by molar-refractivity contribution is -0.118. The Kier molecular flexibility index (Phi) is 6.92. The van der Waals surface area contributed by atoms with Gasteiger partial charge >= 0.3 is 0 Å². The van der Waals surface area contributed by atoms with Gasteiger partial charge in [-0.3, -0.25) is 14.2 Å². The Labute approximate surface area is 177 Å². The van der Waals surface area contributed by atoms with Gasteiger partial charge in [-0.05, 0) is 42.7 Å². The number of amides is 1. The topological polar surface area (TPSA) is 64.0 Å². The number of para-hydroxylation sites is 1. The minimum Gasteiger partial charge on any atom is -0.355 e. The molecule has 152 valence electrons. The summed E-state index contributed by atoms with van der Waals surface area (Å²) in [5, 5.41) is 3.55. The number of thioether (sulfide) groups is 1. The lowest BCUT2D eigenvalue weighted by atomic mass is 10.1. The molecule has 0 spiro atoms. The van der Waals surface area contributed by atoms with Crippen LogP contribution < -0.4 is 10.9 Å². The van der Waals surface area contributed by atoms with Crippen molar-refractivity contribution in [3.63, 3.8) is 0 Å². The number of hydrogen-bond donors (Lipinski definition) is 1. The summed E-state index contributed by atoms with van der Waals surface area (Å²) in [5.74, 6) is -0.103. The fourth-order valence-electron chi connectivity index (χ4n) is 2.74. The van der Waals surface area contributed by atoms with Gasteiger partial charge in [-0.15, -0.1) is 0 Å². The first kappa shape index (κ1) is 21.3. The predicted molar refractivity (Wildman–Crippen MR) is 115 cm³/mol. The zero-order chi connectivity index (χ0) is 21.0. The van der Waals surface area contributed by atoms with Gasteiger partial charge in [0.1, 0.15) is 5.82 Å². The van der Waals surface area contributed by atoms with Crippen molar-refractivity contribution in [3.8, 4) is 5.69 Å². The van der Waals surface area contributed by atoms with E-state index in [2.05, 4.69) is 24.1 Å². The summed E-state index contributed by atoms with van der Waals surface area (Å²) < 4.78 is 15.0. The Morgan fingerprint density at radius 3 is 2.76 bits per heavy atom. The molecule has 0 bridgehead atoms. The predicted octanol–water partition coefficient (Wildman–Crippen LogP) is 4.43. The summed E-state index contributed by atoms with van der Waals surface area (Å²) in [4.78, 5) is 29.8. The van der Waals surface area contributed by atoms with Crippen LogP contribution >= 0.6 is 23.4 Å². The van der Waals surface area contributed by atoms with E-state index >= 15 is 0 Å². The molecule has 1 aromatic heterocycles. The van der Waals surface area contributed by atoms with Crippen LogP contribution in [0.4, 0.5) is 4.39 Å². The van der Waals surface area contributed by atoms with Gasteiger partial charge in [0.2, 0.25) is 5.91 Å². The second-order valence-electron chi connectivity index (χ2n) is 6.97. The molecular weight excluding hydrogens is 413 g/mol. The van der Waals surface area contributed by atoms with Crippen LogP contribution in [0.3, 0.4) is 0 Å². The molecule has 1 N–H and O–H groups in total. The van der Waals surface area contributed by atoms with Crippen LogP contribution in [0.2, 0.25) is 5.02 Å². The molecular formula is C21H21ClFN3O2S. The fourth-order valence-corrected chi connectivity index (χ4v) is 3.76. The number of rotatable bonds is 7. The summed E-state index contributed by atoms with van der Waals surface area (Å²) in [6.07, 6.45) is 0.892. The number of halogens is 2. The van der Waals surface area contributed by atoms with E-state index in [9.17, 15) is 14.0 Å². The first-order valence-electron chi connectivity index (χ1n) is 9.23. The quantitative estimate of drug-likeness (QED) is 0.442. The van der Waals surface area contributed by atoms with Gasteiger partial charge in [0.25, 0.3) is 5.56 Å². The first-order valence-corrected chi connectivity index (χ1v) is 10.6. The van der Waals surface area contributed by atoms with Crippen molar-refractivity contribution in [2.45, 2.75) is 25.4 Å². The van der Waals surface area contributed by atoms with Gasteiger partial charge in [0.05, 0.1) is 27.4 Å². The average Bonchev–Trinajstić information content (AvgIpc) is 2.68. The van der Waals surface area contributed by atoms with Crippen molar-refractivity contribution in [1.82, 2.24) is 14.9 Å². The fraction of sp³-hybridized carbons (Fsp3) is 0.286. The van der Waals surface area contributed by atoms with Crippen LogP contribution in [0.25, 0.3) is 16.6 Å². The minimum atomic E-state index is -0.573. The summed E-state index contributed by atoms with van der Waals surface area (Å²) in [6, 6.07) is 11.0. The maximum atomic E-state index is 13.6. The SMILES string of the molecule is CC(C)CCNC(=O)CSc1nc2ccccc2c(=O)n1-c1ccc(F)c(Cl)c1. The molecule has 5 nitrogen and oxygen atoms in total. The standard InChI is InChI=1S/C21H21ClFN3O2S/c1-13(2)9-10-24-19(27)12-29-21-25-18-6-4-3-5-15(18)20(28)26(21)14-7-8-17(23)16(22)11-14/h3-8,11,13H,9-10,12H2,1-2H3,(H,24,27). The molecule has 0 aliphatic rings. The van der Waals surface area contributed by atoms with Crippen molar-refractivity contribution < 1.29 is 9.18 Å². The largest absolute Gasteiger partial charge is 0.355 e. The zero-order valence-electron chi connectivity index (χ0n) is 16.1. The molecule has 0 radical (unpaired) electrons. The Morgan fingerprint density at radius 2 is 2.03 bits per heavy atom. The van der Waals surface area contributed by atoms with Crippen LogP contribution in [-0.4, -0.2) is 27.8 Å². The monoisotopic (exact) mass is 433 g/mol. The van der Waals surface area contributed by atoms with E-state index in [-0.39, 0.29) is 22.2 Å². The maximum absolute atomic E-state index is 13.6. The molecule has 0 aliphatic heterocycles. The first-order chi connectivity index (χ1) is 13.9. The second kappa shape index (κ2) is 9.41. The van der Waals surface area contributed by atoms with Crippen LogP contribution in [0.15, 0.2) is 52.4 Å². The van der Waals surface area contributed by atoms with Crippen LogP contribution in [0.5, 0.6) is 0 Å². The molecule has 3 aromatic rings. The molecule has 0 atom stereocenters. The lowest BCUT2D eigenvalue weighted by Crippen LogP contribution is -2.28. The normalized spacial score (nSPS) is 11.2. The highest BCUT2D eigenvalue weighted by atomic mass is 35.5. The van der Waals surface area contributed by atoms with E-state index < -0.39 is 5.82 Å². The highest BCUT2D eigenvalue weighted by Crippen LogP contribution is 2.24. The maximum Gasteiger partial charge on any atom is 0.266 e. The van der Waals surface area contributed by atoms with Crippen molar-refractivity contribution in [2.24, 2.45) is 5.92 Å². The Balaban J connectivity index is 1.95. The number of carbonyl (C=O) groups excluding carboxylic acids is 1. The van der Waals surface area contributed by atoms with Gasteiger partial charge in [-0.2, -0.15) is 0 Å². The Morgan fingerprint density at radius 1 is 1.28 bits per heavy atom.